The molecule has 2 heteroatoms. The minimum Gasteiger partial charge on any atom is -0.379 e. The fourth-order valence-corrected chi connectivity index (χ4v) is 2.87. The predicted molar refractivity (Wildman–Crippen MR) is 75.7 cm³/mol. The van der Waals surface area contributed by atoms with Crippen LogP contribution < -0.4 is 5.73 Å². The fraction of sp³-hybridized carbons (Fsp3) is 0.625. The number of hydrogen-bond acceptors (Lipinski definition) is 2. The van der Waals surface area contributed by atoms with E-state index < -0.39 is 0 Å². The zero-order valence-corrected chi connectivity index (χ0v) is 11.6. The topological polar surface area (TPSA) is 35.2 Å². The lowest BCUT2D eigenvalue weighted by Gasteiger charge is -2.37. The maximum atomic E-state index is 6.06. The van der Waals surface area contributed by atoms with Crippen molar-refractivity contribution in [1.29, 1.82) is 0 Å². The van der Waals surface area contributed by atoms with Crippen molar-refractivity contribution >= 4 is 0 Å². The monoisotopic (exact) mass is 247 g/mol. The number of rotatable bonds is 5. The molecule has 0 saturated heterocycles. The Morgan fingerprint density at radius 2 is 2.00 bits per heavy atom. The van der Waals surface area contributed by atoms with Crippen molar-refractivity contribution in [2.24, 2.45) is 11.1 Å². The van der Waals surface area contributed by atoms with Gasteiger partial charge in [0, 0.05) is 6.61 Å². The molecule has 0 fully saturated rings. The molecule has 1 unspecified atom stereocenters. The Balaban J connectivity index is 2.02. The molecule has 2 rings (SSSR count). The van der Waals surface area contributed by atoms with Gasteiger partial charge in [-0.2, -0.15) is 0 Å². The number of ether oxygens (including phenoxy) is 1. The SMILES string of the molecule is CC(C)OCCC1(CN)CCc2ccccc2C1. The van der Waals surface area contributed by atoms with Gasteiger partial charge in [0.15, 0.2) is 0 Å². The number of aryl methyl sites for hydroxylation is 1. The molecule has 0 aliphatic heterocycles. The molecule has 1 aromatic rings. The van der Waals surface area contributed by atoms with Crippen molar-refractivity contribution in [3.05, 3.63) is 35.4 Å². The zero-order chi connectivity index (χ0) is 13.0. The molecule has 100 valence electrons. The van der Waals surface area contributed by atoms with Gasteiger partial charge >= 0.3 is 0 Å². The third-order valence-corrected chi connectivity index (χ3v) is 4.13. The summed E-state index contributed by atoms with van der Waals surface area (Å²) in [5, 5.41) is 0. The number of nitrogens with two attached hydrogens (primary N) is 1. The number of fused-ring (bicyclic) bond motifs is 1. The molecular weight excluding hydrogens is 222 g/mol. The van der Waals surface area contributed by atoms with Crippen LogP contribution in [0.3, 0.4) is 0 Å². The average Bonchev–Trinajstić information content (AvgIpc) is 2.38. The molecule has 18 heavy (non-hydrogen) atoms. The van der Waals surface area contributed by atoms with Crippen LogP contribution in [0.4, 0.5) is 0 Å². The minimum atomic E-state index is 0.253. The summed E-state index contributed by atoms with van der Waals surface area (Å²) in [5.74, 6) is 0. The molecule has 0 bridgehead atoms. The maximum absolute atomic E-state index is 6.06. The third kappa shape index (κ3) is 3.12. The molecule has 2 N–H and O–H groups in total. The number of hydrogen-bond donors (Lipinski definition) is 1. The van der Waals surface area contributed by atoms with Crippen LogP contribution in [0.25, 0.3) is 0 Å². The molecule has 1 aromatic carbocycles. The van der Waals surface area contributed by atoms with Crippen LogP contribution >= 0.6 is 0 Å². The highest BCUT2D eigenvalue weighted by atomic mass is 16.5. The first-order valence-corrected chi connectivity index (χ1v) is 7.04. The zero-order valence-electron chi connectivity index (χ0n) is 11.6. The van der Waals surface area contributed by atoms with Crippen molar-refractivity contribution in [2.75, 3.05) is 13.2 Å². The Bertz CT molecular complexity index is 388. The Morgan fingerprint density at radius 1 is 1.28 bits per heavy atom. The van der Waals surface area contributed by atoms with Crippen molar-refractivity contribution in [2.45, 2.75) is 45.6 Å². The van der Waals surface area contributed by atoms with E-state index in [1.165, 1.54) is 17.5 Å². The second-order valence-electron chi connectivity index (χ2n) is 5.82. The molecule has 0 saturated carbocycles. The van der Waals surface area contributed by atoms with Gasteiger partial charge in [-0.15, -0.1) is 0 Å². The van der Waals surface area contributed by atoms with Crippen molar-refractivity contribution < 1.29 is 4.74 Å². The molecule has 0 amide bonds. The van der Waals surface area contributed by atoms with Crippen LogP contribution in [0.15, 0.2) is 24.3 Å². The van der Waals surface area contributed by atoms with E-state index in [-0.39, 0.29) is 5.41 Å². The van der Waals surface area contributed by atoms with E-state index in [0.29, 0.717) is 6.10 Å². The van der Waals surface area contributed by atoms with Gasteiger partial charge in [-0.05, 0) is 62.6 Å². The summed E-state index contributed by atoms with van der Waals surface area (Å²) in [4.78, 5) is 0. The largest absolute Gasteiger partial charge is 0.379 e. The third-order valence-electron chi connectivity index (χ3n) is 4.13. The highest BCUT2D eigenvalue weighted by Crippen LogP contribution is 2.37. The van der Waals surface area contributed by atoms with Crippen LogP contribution in [0, 0.1) is 5.41 Å². The van der Waals surface area contributed by atoms with E-state index in [1.54, 1.807) is 0 Å². The molecule has 1 atom stereocenters. The Kier molecular flexibility index (Phi) is 4.41. The van der Waals surface area contributed by atoms with Crippen molar-refractivity contribution in [3.63, 3.8) is 0 Å². The standard InChI is InChI=1S/C16H25NO/c1-13(2)18-10-9-16(12-17)8-7-14-5-3-4-6-15(14)11-16/h3-6,13H,7-12,17H2,1-2H3. The first kappa shape index (κ1) is 13.6. The summed E-state index contributed by atoms with van der Waals surface area (Å²) in [6.45, 7) is 5.77. The quantitative estimate of drug-likeness (QED) is 0.868. The van der Waals surface area contributed by atoms with Gasteiger partial charge in [0.1, 0.15) is 0 Å². The summed E-state index contributed by atoms with van der Waals surface area (Å²) in [6.07, 6.45) is 4.87. The highest BCUT2D eigenvalue weighted by Gasteiger charge is 2.32. The summed E-state index contributed by atoms with van der Waals surface area (Å²) in [7, 11) is 0. The van der Waals surface area contributed by atoms with Gasteiger partial charge in [0.25, 0.3) is 0 Å². The summed E-state index contributed by atoms with van der Waals surface area (Å²) in [5.41, 5.74) is 9.30. The van der Waals surface area contributed by atoms with Crippen molar-refractivity contribution in [1.82, 2.24) is 0 Å². The molecule has 0 radical (unpaired) electrons. The molecule has 1 aliphatic carbocycles. The molecule has 2 nitrogen and oxygen atoms in total. The highest BCUT2D eigenvalue weighted by molar-refractivity contribution is 5.31. The average molecular weight is 247 g/mol. The summed E-state index contributed by atoms with van der Waals surface area (Å²) < 4.78 is 5.70. The molecule has 0 spiro atoms. The second-order valence-corrected chi connectivity index (χ2v) is 5.82. The molecular formula is C16H25NO. The first-order valence-electron chi connectivity index (χ1n) is 7.04. The second kappa shape index (κ2) is 5.85. The van der Waals surface area contributed by atoms with Gasteiger partial charge in [-0.1, -0.05) is 24.3 Å². The van der Waals surface area contributed by atoms with Crippen LogP contribution in [0.5, 0.6) is 0 Å². The van der Waals surface area contributed by atoms with Crippen LogP contribution in [0.1, 0.15) is 37.8 Å². The smallest absolute Gasteiger partial charge is 0.0518 e. The van der Waals surface area contributed by atoms with E-state index in [0.717, 1.165) is 32.4 Å². The molecule has 0 heterocycles. The summed E-state index contributed by atoms with van der Waals surface area (Å²) >= 11 is 0. The fourth-order valence-electron chi connectivity index (χ4n) is 2.87. The van der Waals surface area contributed by atoms with E-state index in [2.05, 4.69) is 38.1 Å². The Hall–Kier alpha value is -0.860. The lowest BCUT2D eigenvalue weighted by atomic mass is 9.70. The number of benzene rings is 1. The maximum Gasteiger partial charge on any atom is 0.0518 e. The lowest BCUT2D eigenvalue weighted by molar-refractivity contribution is 0.0484. The van der Waals surface area contributed by atoms with Gasteiger partial charge in [-0.3, -0.25) is 0 Å². The Morgan fingerprint density at radius 3 is 2.67 bits per heavy atom. The summed E-state index contributed by atoms with van der Waals surface area (Å²) in [6, 6.07) is 8.77. The van der Waals surface area contributed by atoms with E-state index in [9.17, 15) is 0 Å². The van der Waals surface area contributed by atoms with Gasteiger partial charge in [-0.25, -0.2) is 0 Å². The molecule has 1 aliphatic rings. The van der Waals surface area contributed by atoms with Crippen LogP contribution in [0.2, 0.25) is 0 Å². The van der Waals surface area contributed by atoms with Gasteiger partial charge in [0.2, 0.25) is 0 Å². The minimum absolute atomic E-state index is 0.253. The lowest BCUT2D eigenvalue weighted by Crippen LogP contribution is -2.37. The van der Waals surface area contributed by atoms with Crippen molar-refractivity contribution in [3.8, 4) is 0 Å². The van der Waals surface area contributed by atoms with Gasteiger partial charge in [0.05, 0.1) is 6.10 Å². The van der Waals surface area contributed by atoms with Gasteiger partial charge < -0.3 is 10.5 Å². The predicted octanol–water partition coefficient (Wildman–Crippen LogP) is 2.94. The normalized spacial score (nSPS) is 23.1. The molecule has 0 aromatic heterocycles. The van der Waals surface area contributed by atoms with Crippen LogP contribution in [-0.2, 0) is 17.6 Å². The van der Waals surface area contributed by atoms with Crippen LogP contribution in [-0.4, -0.2) is 19.3 Å². The van der Waals surface area contributed by atoms with E-state index >= 15 is 0 Å². The van der Waals surface area contributed by atoms with E-state index in [1.807, 2.05) is 0 Å². The van der Waals surface area contributed by atoms with E-state index in [4.69, 9.17) is 10.5 Å². The Labute approximate surface area is 111 Å². The first-order chi connectivity index (χ1) is 8.65.